The number of nitrogens with zero attached hydrogens (tertiary/aromatic N) is 2. The molecule has 0 saturated carbocycles. The first-order chi connectivity index (χ1) is 62.1. The number of para-hydroxylation sites is 2. The van der Waals surface area contributed by atoms with Crippen molar-refractivity contribution in [2.75, 3.05) is 23.0 Å². The predicted molar refractivity (Wildman–Crippen MR) is 565 cm³/mol. The molecule has 0 bridgehead atoms. The number of aldehydes is 1. The van der Waals surface area contributed by atoms with Gasteiger partial charge in [0.25, 0.3) is 0 Å². The molecule has 0 unspecified atom stereocenters. The molecule has 16 aromatic rings. The van der Waals surface area contributed by atoms with Gasteiger partial charge >= 0.3 is 59.0 Å². The topological polar surface area (TPSA) is 82.1 Å². The van der Waals surface area contributed by atoms with Crippen LogP contribution in [0.1, 0.15) is 143 Å². The first-order valence-corrected chi connectivity index (χ1v) is 46.6. The van der Waals surface area contributed by atoms with Crippen LogP contribution in [0.2, 0.25) is 0 Å². The number of hydrogen-bond acceptors (Lipinski definition) is 7. The smallest absolute Gasteiger partial charge is 0.850 e. The molecule has 0 spiro atoms. The van der Waals surface area contributed by atoms with Crippen molar-refractivity contribution in [1.29, 1.82) is 0 Å². The summed E-state index contributed by atoms with van der Waals surface area (Å²) < 4.78 is 24.8. The predicted octanol–water partition coefficient (Wildman–Crippen LogP) is 31.2. The first-order valence-electron chi connectivity index (χ1n) is 43.3. The second-order valence-corrected chi connectivity index (χ2v) is 35.9. The second-order valence-electron chi connectivity index (χ2n) is 32.0. The summed E-state index contributed by atoms with van der Waals surface area (Å²) in [7, 11) is -2.97. The summed E-state index contributed by atoms with van der Waals surface area (Å²) in [5, 5.41) is 10.1. The summed E-state index contributed by atoms with van der Waals surface area (Å²) in [6.45, 7) is 17.6. The average Bonchev–Trinajstić information content (AvgIpc) is 0.795. The first kappa shape index (κ1) is 108. The van der Waals surface area contributed by atoms with Gasteiger partial charge in [0.1, 0.15) is 6.29 Å². The van der Waals surface area contributed by atoms with Crippen LogP contribution in [0.15, 0.2) is 421 Å². The number of rotatable bonds is 25. The van der Waals surface area contributed by atoms with Crippen LogP contribution >= 0.6 is 39.5 Å². The Morgan fingerprint density at radius 3 is 0.750 bits per heavy atom. The third kappa shape index (κ3) is 37.4. The zero-order valence-electron chi connectivity index (χ0n) is 75.8. The van der Waals surface area contributed by atoms with E-state index in [1.54, 1.807) is 20.8 Å². The molecule has 0 radical (unpaired) electrons. The molecular weight excluding hydrogens is 1890 g/mol. The fourth-order valence-corrected chi connectivity index (χ4v) is 15.8. The Balaban J connectivity index is 0.000000257. The van der Waals surface area contributed by atoms with Gasteiger partial charge in [-0.05, 0) is 235 Å². The average molecular weight is 2010 g/mol. The molecule has 0 fully saturated rings. The van der Waals surface area contributed by atoms with Crippen molar-refractivity contribution in [1.82, 2.24) is 0 Å². The second kappa shape index (κ2) is 57.1. The summed E-state index contributed by atoms with van der Waals surface area (Å²) in [6.07, 6.45) is 16.1. The number of benzene rings is 16. The normalized spacial score (nSPS) is 10.7. The Kier molecular flexibility index (Phi) is 46.9. The summed E-state index contributed by atoms with van der Waals surface area (Å²) in [4.78, 5) is 14.7. The van der Waals surface area contributed by atoms with Gasteiger partial charge in [0.05, 0.1) is 19.4 Å². The van der Waals surface area contributed by atoms with Crippen LogP contribution in [-0.2, 0) is 53.0 Å². The van der Waals surface area contributed by atoms with Gasteiger partial charge in [-0.2, -0.15) is 0 Å². The van der Waals surface area contributed by atoms with Crippen LogP contribution in [0.3, 0.4) is 0 Å². The molecule has 0 heterocycles. The van der Waals surface area contributed by atoms with Gasteiger partial charge in [-0.1, -0.05) is 442 Å². The third-order valence-electron chi connectivity index (χ3n) is 20.3. The SMILES string of the molecule is C.C.CC(C)(C)[O-].CCOP(=O)(Cc1ccc(Br)cc1)OCC.Cc1ccc(/C=C/c2ccc(Br)cc2)cc1.Cc1ccc(/C=C/c2ccc(N(c3ccccc3)c3ccc(-c4ccc(N(c5ccccc5)c5ccc(/C=C/c6ccc(C)cc6)cc5)cc4)cc3)cc2)cc1.Cc1ccc(C=O)cc1.[K+].[Pd].c1ccc(Cc2ccc(-c3ccc(Cc4ccccc4)cc3)cc2)cc1. The summed E-state index contributed by atoms with van der Waals surface area (Å²) in [6, 6.07) is 145. The number of carbonyl (C=O) groups is 1. The van der Waals surface area contributed by atoms with E-state index < -0.39 is 13.2 Å². The fourth-order valence-electron chi connectivity index (χ4n) is 13.6. The van der Waals surface area contributed by atoms with E-state index in [2.05, 4.69) is 463 Å². The summed E-state index contributed by atoms with van der Waals surface area (Å²) >= 11 is 6.78. The molecule has 670 valence electrons. The van der Waals surface area contributed by atoms with Gasteiger partial charge in [-0.25, -0.2) is 0 Å². The summed E-state index contributed by atoms with van der Waals surface area (Å²) in [5.74, 6) is 0. The minimum Gasteiger partial charge on any atom is -0.850 e. The minimum atomic E-state index is -2.97. The minimum absolute atomic E-state index is 0. The molecule has 0 aromatic heterocycles. The number of anilines is 6. The molecule has 0 aliphatic carbocycles. The van der Waals surface area contributed by atoms with Crippen LogP contribution in [0, 0.1) is 27.7 Å². The van der Waals surface area contributed by atoms with E-state index in [1.165, 1.54) is 89.0 Å². The van der Waals surface area contributed by atoms with Crippen LogP contribution in [0.25, 0.3) is 58.7 Å². The van der Waals surface area contributed by atoms with Crippen LogP contribution in [0.5, 0.6) is 0 Å². The maximum absolute atomic E-state index is 12.2. The van der Waals surface area contributed by atoms with E-state index in [0.29, 0.717) is 19.4 Å². The van der Waals surface area contributed by atoms with Crippen molar-refractivity contribution < 1.29 is 95.3 Å². The van der Waals surface area contributed by atoms with E-state index in [1.807, 2.05) is 69.3 Å². The van der Waals surface area contributed by atoms with Gasteiger partial charge < -0.3 is 24.0 Å². The Morgan fingerprint density at radius 1 is 0.295 bits per heavy atom. The van der Waals surface area contributed by atoms with Crippen molar-refractivity contribution in [2.24, 2.45) is 0 Å². The van der Waals surface area contributed by atoms with Crippen LogP contribution in [0.4, 0.5) is 34.1 Å². The number of aryl methyl sites for hydroxylation is 4. The molecule has 132 heavy (non-hydrogen) atoms. The Labute approximate surface area is 860 Å². The number of hydrogen-bond donors (Lipinski definition) is 0. The Hall–Kier alpha value is -10.6. The van der Waals surface area contributed by atoms with Gasteiger partial charge in [0.2, 0.25) is 0 Å². The molecule has 16 rings (SSSR count). The van der Waals surface area contributed by atoms with Crippen molar-refractivity contribution in [3.63, 3.8) is 0 Å². The monoisotopic (exact) mass is 2000 g/mol. The van der Waals surface area contributed by atoms with Crippen molar-refractivity contribution in [2.45, 2.75) is 102 Å². The van der Waals surface area contributed by atoms with Gasteiger partial charge in [-0.15, -0.1) is 5.60 Å². The van der Waals surface area contributed by atoms with E-state index in [9.17, 15) is 14.5 Å². The Morgan fingerprint density at radius 2 is 0.492 bits per heavy atom. The van der Waals surface area contributed by atoms with E-state index >= 15 is 0 Å². The molecular formula is C120H120Br2KN2O5PPd. The molecule has 0 saturated heterocycles. The molecule has 7 nitrogen and oxygen atoms in total. The van der Waals surface area contributed by atoms with Crippen molar-refractivity contribution >= 4 is 116 Å². The van der Waals surface area contributed by atoms with Gasteiger partial charge in [0.15, 0.2) is 0 Å². The maximum atomic E-state index is 12.2. The van der Waals surface area contributed by atoms with E-state index in [0.717, 1.165) is 84.5 Å². The fraction of sp³-hybridized carbons (Fsp3) is 0.142. The summed E-state index contributed by atoms with van der Waals surface area (Å²) in [5.41, 5.74) is 30.0. The number of halogens is 2. The largest absolute Gasteiger partial charge is 1.00 e. The molecule has 0 aliphatic rings. The number of carbonyl (C=O) groups excluding carboxylic acids is 1. The van der Waals surface area contributed by atoms with Gasteiger partial charge in [-0.3, -0.25) is 9.36 Å². The zero-order valence-corrected chi connectivity index (χ0v) is 84.5. The molecule has 12 heteroatoms. The Bertz CT molecular complexity index is 5780. The molecule has 0 atom stereocenters. The van der Waals surface area contributed by atoms with Crippen molar-refractivity contribution in [3.05, 3.63) is 510 Å². The maximum Gasteiger partial charge on any atom is 1.00 e. The molecule has 0 amide bonds. The van der Waals surface area contributed by atoms with E-state index in [-0.39, 0.29) is 86.7 Å². The van der Waals surface area contributed by atoms with Gasteiger partial charge in [0, 0.05) is 69.1 Å². The molecule has 0 N–H and O–H groups in total. The standard InChI is InChI=1S/C54H44N2.C26H22.C15H13Br.C11H16BrO3P.C8H8O.C4H9O.2CH4.K.Pd/c1-41-13-17-43(18-14-41)21-23-45-25-33-51(34-26-45)55(49-9-5-3-6-10-49)53-37-29-47(30-38-53)48-31-39-54(40-32-48)56(50-11-7-4-8-12-50)52-35-27-46(28-36-52)24-22-44-19-15-42(2)16-20-44;1-3-7-21(8-4-1)19-23-11-15-25(16-12-23)26-17-13-24(14-18-26)20-22-9-5-2-6-10-22;1-12-2-4-13(5-3-12)6-7-14-8-10-15(16)11-9-14;1-3-14-16(13,15-4-2)9-10-5-7-11(12)8-6-10;1-7-2-4-8(6-9)5-3-7;1-4(2,3)5;;;;/h3-40H,1-2H3;1-18H,19-20H2;2-11H,1H3;5-8H,3-4,9H2,1-2H3;2-6H,1H3;1-3H3;2*1H4;;/q;;;;;-1;;;+1;/b23-21+,24-22+;;7-6+;;;;;;;. The quantitative estimate of drug-likeness (QED) is 0.0244. The zero-order chi connectivity index (χ0) is 90.3. The molecule has 0 aliphatic heterocycles. The van der Waals surface area contributed by atoms with E-state index in [4.69, 9.17) is 9.05 Å². The van der Waals surface area contributed by atoms with Crippen LogP contribution < -0.4 is 66.3 Å². The van der Waals surface area contributed by atoms with Crippen molar-refractivity contribution in [3.8, 4) is 22.3 Å². The van der Waals surface area contributed by atoms with Crippen LogP contribution in [-0.4, -0.2) is 25.1 Å². The third-order valence-corrected chi connectivity index (χ3v) is 23.4. The molecule has 16 aromatic carbocycles.